The lowest BCUT2D eigenvalue weighted by Gasteiger charge is -2.30. The molecule has 0 radical (unpaired) electrons. The Morgan fingerprint density at radius 2 is 1.55 bits per heavy atom. The number of benzene rings is 1. The molecule has 1 saturated heterocycles. The third kappa shape index (κ3) is 9.87. The lowest BCUT2D eigenvalue weighted by molar-refractivity contribution is -0.118. The highest BCUT2D eigenvalue weighted by atomic mass is 28.3. The lowest BCUT2D eigenvalue weighted by atomic mass is 9.79. The predicted octanol–water partition coefficient (Wildman–Crippen LogP) is 8.81. The number of hydrogen-bond acceptors (Lipinski definition) is 9. The van der Waals surface area contributed by atoms with Crippen LogP contribution in [0.25, 0.3) is 16.8 Å². The van der Waals surface area contributed by atoms with E-state index in [0.29, 0.717) is 38.4 Å². The highest BCUT2D eigenvalue weighted by Crippen LogP contribution is 2.48. The van der Waals surface area contributed by atoms with E-state index in [4.69, 9.17) is 29.3 Å². The van der Waals surface area contributed by atoms with Crippen LogP contribution in [0.2, 0.25) is 51.4 Å². The molecule has 0 N–H and O–H groups in total. The molecule has 7 rings (SSSR count). The number of amides is 2. The molecule has 300 valence electrons. The Bertz CT molecular complexity index is 1930. The van der Waals surface area contributed by atoms with Gasteiger partial charge in [0.1, 0.15) is 25.9 Å². The van der Waals surface area contributed by atoms with Crippen molar-refractivity contribution in [1.82, 2.24) is 24.6 Å². The zero-order chi connectivity index (χ0) is 39.5. The van der Waals surface area contributed by atoms with Crippen molar-refractivity contribution in [1.29, 1.82) is 0 Å². The highest BCUT2D eigenvalue weighted by molar-refractivity contribution is 6.76. The average Bonchev–Trinajstić information content (AvgIpc) is 3.88. The molecule has 0 unspecified atom stereocenters. The van der Waals surface area contributed by atoms with Gasteiger partial charge in [-0.05, 0) is 60.9 Å². The Morgan fingerprint density at radius 1 is 0.875 bits per heavy atom. The summed E-state index contributed by atoms with van der Waals surface area (Å²) in [5.74, 6) is 2.95. The Labute approximate surface area is 333 Å². The molecule has 2 saturated carbocycles. The second kappa shape index (κ2) is 17.2. The van der Waals surface area contributed by atoms with Crippen LogP contribution in [0.5, 0.6) is 0 Å². The normalized spacial score (nSPS) is 20.0. The smallest absolute Gasteiger partial charge is 0.429 e. The number of carbonyl (C=O) groups is 2. The fourth-order valence-electron chi connectivity index (χ4n) is 8.06. The van der Waals surface area contributed by atoms with Gasteiger partial charge in [0, 0.05) is 70.8 Å². The van der Waals surface area contributed by atoms with E-state index in [-0.39, 0.29) is 25.5 Å². The van der Waals surface area contributed by atoms with Crippen molar-refractivity contribution >= 4 is 45.4 Å². The van der Waals surface area contributed by atoms with Crippen LogP contribution in [0.1, 0.15) is 55.7 Å². The number of fused-ring (bicyclic) bond motifs is 3. The van der Waals surface area contributed by atoms with Crippen molar-refractivity contribution in [3.8, 4) is 11.1 Å². The number of aromatic nitrogens is 4. The first-order chi connectivity index (χ1) is 26.8. The van der Waals surface area contributed by atoms with E-state index in [1.165, 1.54) is 29.3 Å². The maximum absolute atomic E-state index is 13.1. The van der Waals surface area contributed by atoms with E-state index in [1.54, 1.807) is 12.3 Å². The van der Waals surface area contributed by atoms with Gasteiger partial charge >= 0.3 is 6.09 Å². The van der Waals surface area contributed by atoms with Gasteiger partial charge in [-0.3, -0.25) is 4.79 Å². The summed E-state index contributed by atoms with van der Waals surface area (Å²) < 4.78 is 20.2. The Kier molecular flexibility index (Phi) is 12.3. The van der Waals surface area contributed by atoms with E-state index >= 15 is 0 Å². The van der Waals surface area contributed by atoms with Crippen LogP contribution in [-0.4, -0.2) is 86.0 Å². The lowest BCUT2D eigenvalue weighted by Crippen LogP contribution is -2.44. The van der Waals surface area contributed by atoms with Crippen molar-refractivity contribution in [3.05, 3.63) is 72.2 Å². The number of ether oxygens (including phenoxy) is 3. The number of pyridine rings is 1. The van der Waals surface area contributed by atoms with Gasteiger partial charge in [-0.2, -0.15) is 14.6 Å². The number of anilines is 2. The predicted molar refractivity (Wildman–Crippen MR) is 225 cm³/mol. The number of hydrogen-bond donors (Lipinski definition) is 0. The first-order valence-electron chi connectivity index (χ1n) is 20.4. The van der Waals surface area contributed by atoms with Gasteiger partial charge < -0.3 is 19.1 Å². The van der Waals surface area contributed by atoms with Gasteiger partial charge in [0.25, 0.3) is 0 Å². The summed E-state index contributed by atoms with van der Waals surface area (Å²) in [5, 5.41) is 7.57. The van der Waals surface area contributed by atoms with E-state index in [0.717, 1.165) is 70.6 Å². The third-order valence-electron chi connectivity index (χ3n) is 11.3. The SMILES string of the molecule is C[Si](C)(C)CCOCN(COCC[Si](C)(C)C)c1cc([C@H]2C[C@@H]3CC[C@@H](C3)C2)nc2c(-c3ccc(N4C(=O)CCN4C(=O)OCc4ccccc4)nc3)cnn12. The molecule has 14 heteroatoms. The fourth-order valence-corrected chi connectivity index (χ4v) is 9.57. The molecule has 56 heavy (non-hydrogen) atoms. The van der Waals surface area contributed by atoms with Crippen molar-refractivity contribution in [2.24, 2.45) is 11.8 Å². The molecule has 0 spiro atoms. The van der Waals surface area contributed by atoms with E-state index in [2.05, 4.69) is 50.2 Å². The van der Waals surface area contributed by atoms with Crippen LogP contribution in [0, 0.1) is 11.8 Å². The third-order valence-corrected chi connectivity index (χ3v) is 14.7. The maximum Gasteiger partial charge on any atom is 0.429 e. The molecule has 4 heterocycles. The zero-order valence-electron chi connectivity index (χ0n) is 34.1. The van der Waals surface area contributed by atoms with Crippen molar-refractivity contribution in [2.75, 3.05) is 43.1 Å². The first kappa shape index (κ1) is 40.1. The second-order valence-electron chi connectivity index (χ2n) is 18.3. The Morgan fingerprint density at radius 3 is 2.18 bits per heavy atom. The molecule has 12 nitrogen and oxygen atoms in total. The molecule has 3 atom stereocenters. The van der Waals surface area contributed by atoms with Crippen molar-refractivity contribution in [3.63, 3.8) is 0 Å². The van der Waals surface area contributed by atoms with Crippen LogP contribution in [0.15, 0.2) is 60.9 Å². The van der Waals surface area contributed by atoms with Crippen LogP contribution in [0.3, 0.4) is 0 Å². The summed E-state index contributed by atoms with van der Waals surface area (Å²) in [6.07, 6.45) is 9.47. The number of nitrogens with zero attached hydrogens (tertiary/aromatic N) is 7. The standard InChI is InChI=1S/C42H59N7O5Si2/c1-55(2,3)20-18-52-29-46(30-53-19-21-56(4,5)6)39-25-37(35-23-32-12-13-33(22-32)24-35)45-41-36(27-44-48(39)41)34-14-15-38(43-26-34)49-40(50)16-17-47(49)42(51)54-28-31-10-8-7-9-11-31/h7-11,14-15,25-27,32-33,35H,12-13,16-24,28-30H2,1-6H3/t32-,33+,35+. The average molecular weight is 798 g/mol. The largest absolute Gasteiger partial charge is 0.443 e. The second-order valence-corrected chi connectivity index (χ2v) is 29.5. The van der Waals surface area contributed by atoms with Gasteiger partial charge in [-0.25, -0.2) is 19.8 Å². The Balaban J connectivity index is 1.18. The highest BCUT2D eigenvalue weighted by Gasteiger charge is 2.37. The van der Waals surface area contributed by atoms with Crippen LogP contribution in [0.4, 0.5) is 16.4 Å². The van der Waals surface area contributed by atoms with Crippen LogP contribution in [-0.2, 0) is 25.6 Å². The van der Waals surface area contributed by atoms with Gasteiger partial charge in [0.05, 0.1) is 12.7 Å². The maximum atomic E-state index is 13.1. The molecule has 3 aliphatic rings. The van der Waals surface area contributed by atoms with Crippen LogP contribution >= 0.6 is 0 Å². The molecule has 2 bridgehead atoms. The minimum atomic E-state index is -1.27. The van der Waals surface area contributed by atoms with Crippen molar-refractivity contribution < 1.29 is 23.8 Å². The molecule has 1 aromatic carbocycles. The van der Waals surface area contributed by atoms with Gasteiger partial charge in [0.2, 0.25) is 5.91 Å². The van der Waals surface area contributed by atoms with E-state index < -0.39 is 22.2 Å². The first-order valence-corrected chi connectivity index (χ1v) is 27.8. The summed E-state index contributed by atoms with van der Waals surface area (Å²) in [5.41, 5.74) is 4.38. The number of rotatable bonds is 16. The molecule has 3 aromatic heterocycles. The van der Waals surface area contributed by atoms with Gasteiger partial charge in [0.15, 0.2) is 11.5 Å². The molecule has 2 amide bonds. The molecule has 3 fully saturated rings. The molecular formula is C42H59N7O5Si2. The minimum absolute atomic E-state index is 0.116. The minimum Gasteiger partial charge on any atom is -0.443 e. The summed E-state index contributed by atoms with van der Waals surface area (Å²) >= 11 is 0. The summed E-state index contributed by atoms with van der Waals surface area (Å²) in [4.78, 5) is 38.5. The molecule has 2 aliphatic carbocycles. The summed E-state index contributed by atoms with van der Waals surface area (Å²) in [7, 11) is -2.54. The summed E-state index contributed by atoms with van der Waals surface area (Å²) in [6, 6.07) is 17.6. The fraction of sp³-hybridized carbons (Fsp3) is 0.548. The summed E-state index contributed by atoms with van der Waals surface area (Å²) in [6.45, 7) is 16.8. The monoisotopic (exact) mass is 797 g/mol. The molecule has 1 aliphatic heterocycles. The number of carbonyl (C=O) groups excluding carboxylic acids is 2. The zero-order valence-corrected chi connectivity index (χ0v) is 36.1. The molecule has 4 aromatic rings. The number of hydrazine groups is 1. The van der Waals surface area contributed by atoms with Gasteiger partial charge in [-0.15, -0.1) is 0 Å². The Hall–Kier alpha value is -4.12. The van der Waals surface area contributed by atoms with Crippen LogP contribution < -0.4 is 9.91 Å². The quantitative estimate of drug-likeness (QED) is 0.0624. The van der Waals surface area contributed by atoms with E-state index in [1.807, 2.05) is 47.1 Å². The molecular weight excluding hydrogens is 739 g/mol. The van der Waals surface area contributed by atoms with Gasteiger partial charge in [-0.1, -0.05) is 82.5 Å². The van der Waals surface area contributed by atoms with E-state index in [9.17, 15) is 9.59 Å². The van der Waals surface area contributed by atoms with Crippen molar-refractivity contribution in [2.45, 2.75) is 102 Å². The topological polar surface area (TPSA) is 115 Å².